The van der Waals surface area contributed by atoms with Crippen LogP contribution in [0.2, 0.25) is 5.02 Å². The minimum absolute atomic E-state index is 0.0550. The fourth-order valence-corrected chi connectivity index (χ4v) is 1.67. The van der Waals surface area contributed by atoms with Gasteiger partial charge in [-0.25, -0.2) is 9.37 Å². The lowest BCUT2D eigenvalue weighted by Gasteiger charge is -2.11. The van der Waals surface area contributed by atoms with Crippen molar-refractivity contribution >= 4 is 28.9 Å². The molecule has 0 amide bonds. The normalized spacial score (nSPS) is 11.4. The summed E-state index contributed by atoms with van der Waals surface area (Å²) in [5, 5.41) is 2.60. The number of nitrogens with one attached hydrogen (secondary N) is 1. The number of hydrogen-bond acceptors (Lipinski definition) is 3. The smallest absolute Gasteiger partial charge is 0.384 e. The number of alkyl halides is 3. The van der Waals surface area contributed by atoms with Crippen LogP contribution in [-0.4, -0.2) is 4.98 Å². The summed E-state index contributed by atoms with van der Waals surface area (Å²) in [7, 11) is 0. The molecule has 8 heteroatoms. The third-order valence-corrected chi connectivity index (χ3v) is 2.60. The van der Waals surface area contributed by atoms with Gasteiger partial charge in [-0.1, -0.05) is 11.6 Å². The lowest BCUT2D eigenvalue weighted by molar-refractivity contribution is -0.137. The summed E-state index contributed by atoms with van der Waals surface area (Å²) >= 11 is 5.58. The molecule has 1 heterocycles. The van der Waals surface area contributed by atoms with Gasteiger partial charge in [0.15, 0.2) is 0 Å². The van der Waals surface area contributed by atoms with Crippen molar-refractivity contribution in [3.8, 4) is 0 Å². The number of anilines is 3. The van der Waals surface area contributed by atoms with Crippen LogP contribution in [-0.2, 0) is 6.18 Å². The van der Waals surface area contributed by atoms with Gasteiger partial charge in [0.25, 0.3) is 0 Å². The first-order valence-electron chi connectivity index (χ1n) is 5.32. The van der Waals surface area contributed by atoms with Crippen LogP contribution >= 0.6 is 11.6 Å². The molecule has 0 aliphatic rings. The van der Waals surface area contributed by atoms with Crippen LogP contribution in [0.3, 0.4) is 0 Å². The molecule has 106 valence electrons. The Hall–Kier alpha value is -2.02. The van der Waals surface area contributed by atoms with E-state index in [2.05, 4.69) is 10.3 Å². The van der Waals surface area contributed by atoms with Crippen LogP contribution in [0.4, 0.5) is 34.9 Å². The third-order valence-electron chi connectivity index (χ3n) is 2.37. The lowest BCUT2D eigenvalue weighted by atomic mass is 10.2. The number of halogens is 5. The monoisotopic (exact) mass is 305 g/mol. The Balaban J connectivity index is 2.36. The molecule has 0 unspecified atom stereocenters. The molecule has 0 spiro atoms. The van der Waals surface area contributed by atoms with Crippen LogP contribution in [0.25, 0.3) is 0 Å². The molecule has 3 N–H and O–H groups in total. The van der Waals surface area contributed by atoms with Crippen molar-refractivity contribution in [2.75, 3.05) is 11.1 Å². The highest BCUT2D eigenvalue weighted by Gasteiger charge is 2.31. The van der Waals surface area contributed by atoms with Crippen molar-refractivity contribution in [3.05, 3.63) is 46.7 Å². The van der Waals surface area contributed by atoms with E-state index < -0.39 is 17.6 Å². The second-order valence-corrected chi connectivity index (χ2v) is 4.35. The van der Waals surface area contributed by atoms with Crippen molar-refractivity contribution in [2.45, 2.75) is 6.18 Å². The molecule has 0 saturated carbocycles. The Kier molecular flexibility index (Phi) is 3.71. The summed E-state index contributed by atoms with van der Waals surface area (Å²) in [5.74, 6) is -1.24. The molecule has 0 fully saturated rings. The first-order chi connectivity index (χ1) is 9.25. The van der Waals surface area contributed by atoms with Crippen LogP contribution in [0.1, 0.15) is 5.56 Å². The Labute approximate surface area is 116 Å². The summed E-state index contributed by atoms with van der Waals surface area (Å²) < 4.78 is 51.4. The standard InChI is InChI=1S/C12H8ClF4N3/c13-7-1-2-9(8(14)5-7)19-11-4-6(12(15,16)17)3-10(18)20-11/h1-5H,(H3,18,19,20). The van der Waals surface area contributed by atoms with Gasteiger partial charge in [0.1, 0.15) is 17.5 Å². The van der Waals surface area contributed by atoms with Crippen LogP contribution in [0, 0.1) is 5.82 Å². The molecule has 1 aromatic carbocycles. The highest BCUT2D eigenvalue weighted by Crippen LogP contribution is 2.32. The molecule has 0 bridgehead atoms. The van der Waals surface area contributed by atoms with Gasteiger partial charge >= 0.3 is 6.18 Å². The Morgan fingerprint density at radius 2 is 1.85 bits per heavy atom. The van der Waals surface area contributed by atoms with Gasteiger partial charge in [-0.15, -0.1) is 0 Å². The molecule has 2 rings (SSSR count). The number of hydrogen-bond donors (Lipinski definition) is 2. The molecular weight excluding hydrogens is 298 g/mol. The van der Waals surface area contributed by atoms with E-state index >= 15 is 0 Å². The maximum Gasteiger partial charge on any atom is 0.416 e. The van der Waals surface area contributed by atoms with Crippen molar-refractivity contribution in [2.24, 2.45) is 0 Å². The molecule has 2 aromatic rings. The first kappa shape index (κ1) is 14.4. The van der Waals surface area contributed by atoms with E-state index in [-0.39, 0.29) is 22.3 Å². The molecular formula is C12H8ClF4N3. The van der Waals surface area contributed by atoms with Crippen molar-refractivity contribution in [1.29, 1.82) is 0 Å². The number of nitrogen functional groups attached to an aromatic ring is 1. The number of nitrogens with two attached hydrogens (primary N) is 1. The lowest BCUT2D eigenvalue weighted by Crippen LogP contribution is -2.08. The van der Waals surface area contributed by atoms with E-state index in [0.29, 0.717) is 6.07 Å². The fraction of sp³-hybridized carbons (Fsp3) is 0.0833. The first-order valence-corrected chi connectivity index (χ1v) is 5.70. The number of nitrogens with zero attached hydrogens (tertiary/aromatic N) is 1. The van der Waals surface area contributed by atoms with Gasteiger partial charge in [-0.3, -0.25) is 0 Å². The molecule has 20 heavy (non-hydrogen) atoms. The predicted molar refractivity (Wildman–Crippen MR) is 68.3 cm³/mol. The number of benzene rings is 1. The maximum atomic E-state index is 13.5. The second-order valence-electron chi connectivity index (χ2n) is 3.91. The highest BCUT2D eigenvalue weighted by atomic mass is 35.5. The summed E-state index contributed by atoms with van der Waals surface area (Å²) in [5.41, 5.74) is 4.28. The SMILES string of the molecule is Nc1cc(C(F)(F)F)cc(Nc2ccc(Cl)cc2F)n1. The molecule has 1 aromatic heterocycles. The predicted octanol–water partition coefficient (Wildman–Crippen LogP) is 4.22. The minimum Gasteiger partial charge on any atom is -0.384 e. The molecule has 0 saturated heterocycles. The second kappa shape index (κ2) is 5.16. The molecule has 3 nitrogen and oxygen atoms in total. The minimum atomic E-state index is -4.56. The zero-order valence-corrected chi connectivity index (χ0v) is 10.6. The summed E-state index contributed by atoms with van der Waals surface area (Å²) in [6.45, 7) is 0. The van der Waals surface area contributed by atoms with E-state index in [9.17, 15) is 17.6 Å². The van der Waals surface area contributed by atoms with E-state index in [0.717, 1.165) is 12.1 Å². The van der Waals surface area contributed by atoms with Gasteiger partial charge in [-0.2, -0.15) is 13.2 Å². The number of rotatable bonds is 2. The van der Waals surface area contributed by atoms with E-state index in [4.69, 9.17) is 17.3 Å². The van der Waals surface area contributed by atoms with Gasteiger partial charge in [0.05, 0.1) is 11.3 Å². The van der Waals surface area contributed by atoms with Gasteiger partial charge < -0.3 is 11.1 Å². The van der Waals surface area contributed by atoms with Crippen LogP contribution in [0.15, 0.2) is 30.3 Å². The van der Waals surface area contributed by atoms with Crippen LogP contribution < -0.4 is 11.1 Å². The summed E-state index contributed by atoms with van der Waals surface area (Å²) in [6, 6.07) is 5.15. The van der Waals surface area contributed by atoms with E-state index in [1.54, 1.807) is 0 Å². The Morgan fingerprint density at radius 3 is 2.45 bits per heavy atom. The van der Waals surface area contributed by atoms with Crippen molar-refractivity contribution in [1.82, 2.24) is 4.98 Å². The van der Waals surface area contributed by atoms with E-state index in [1.165, 1.54) is 12.1 Å². The van der Waals surface area contributed by atoms with Gasteiger partial charge in [0, 0.05) is 5.02 Å². The molecule has 0 aliphatic carbocycles. The largest absolute Gasteiger partial charge is 0.416 e. The Morgan fingerprint density at radius 1 is 1.15 bits per heavy atom. The Bertz CT molecular complexity index is 643. The van der Waals surface area contributed by atoms with Crippen molar-refractivity contribution < 1.29 is 17.6 Å². The highest BCUT2D eigenvalue weighted by molar-refractivity contribution is 6.30. The number of pyridine rings is 1. The summed E-state index contributed by atoms with van der Waals surface area (Å²) in [4.78, 5) is 3.67. The van der Waals surface area contributed by atoms with Crippen LogP contribution in [0.5, 0.6) is 0 Å². The average molecular weight is 306 g/mol. The van der Waals surface area contributed by atoms with Crippen molar-refractivity contribution in [3.63, 3.8) is 0 Å². The topological polar surface area (TPSA) is 50.9 Å². The molecule has 0 aliphatic heterocycles. The quantitative estimate of drug-likeness (QED) is 0.817. The van der Waals surface area contributed by atoms with Gasteiger partial charge in [-0.05, 0) is 30.3 Å². The summed E-state index contributed by atoms with van der Waals surface area (Å²) in [6.07, 6.45) is -4.56. The zero-order chi connectivity index (χ0) is 14.9. The third kappa shape index (κ3) is 3.30. The number of aromatic nitrogens is 1. The average Bonchev–Trinajstić information content (AvgIpc) is 2.31. The van der Waals surface area contributed by atoms with E-state index in [1.807, 2.05) is 0 Å². The maximum absolute atomic E-state index is 13.5. The zero-order valence-electron chi connectivity index (χ0n) is 9.80. The molecule has 0 radical (unpaired) electrons. The fourth-order valence-electron chi connectivity index (χ4n) is 1.51. The van der Waals surface area contributed by atoms with Gasteiger partial charge in [0.2, 0.25) is 0 Å². The molecule has 0 atom stereocenters.